The first-order chi connectivity index (χ1) is 9.31. The van der Waals surface area contributed by atoms with Crippen LogP contribution in [0.15, 0.2) is 29.2 Å². The first-order valence-electron chi connectivity index (χ1n) is 6.90. The minimum absolute atomic E-state index is 0.0580. The van der Waals surface area contributed by atoms with Crippen LogP contribution >= 0.6 is 11.8 Å². The summed E-state index contributed by atoms with van der Waals surface area (Å²) in [7, 11) is 0. The molecule has 0 radical (unpaired) electrons. The SMILES string of the molecule is CC(C)C1(Cc2ccc(SC(F)(F)F)cc2)CCCN1. The van der Waals surface area contributed by atoms with E-state index in [9.17, 15) is 13.2 Å². The molecule has 20 heavy (non-hydrogen) atoms. The minimum Gasteiger partial charge on any atom is -0.311 e. The Balaban J connectivity index is 2.06. The predicted octanol–water partition coefficient (Wildman–Crippen LogP) is 4.62. The molecular formula is C15H20F3NS. The van der Waals surface area contributed by atoms with Crippen molar-refractivity contribution in [3.63, 3.8) is 0 Å². The lowest BCUT2D eigenvalue weighted by Gasteiger charge is -2.34. The Bertz CT molecular complexity index is 433. The number of hydrogen-bond donors (Lipinski definition) is 1. The first-order valence-corrected chi connectivity index (χ1v) is 7.72. The summed E-state index contributed by atoms with van der Waals surface area (Å²) < 4.78 is 36.9. The summed E-state index contributed by atoms with van der Waals surface area (Å²) in [5, 5.41) is 3.59. The number of rotatable bonds is 4. The zero-order valence-corrected chi connectivity index (χ0v) is 12.6. The van der Waals surface area contributed by atoms with E-state index in [-0.39, 0.29) is 22.2 Å². The Kier molecular flexibility index (Phi) is 4.69. The van der Waals surface area contributed by atoms with Crippen LogP contribution in [0.25, 0.3) is 0 Å². The van der Waals surface area contributed by atoms with Crippen molar-refractivity contribution in [1.82, 2.24) is 5.32 Å². The summed E-state index contributed by atoms with van der Waals surface area (Å²) in [6.45, 7) is 5.43. The Morgan fingerprint density at radius 3 is 2.35 bits per heavy atom. The van der Waals surface area contributed by atoms with Gasteiger partial charge in [-0.05, 0) is 61.2 Å². The number of hydrogen-bond acceptors (Lipinski definition) is 2. The number of halogens is 3. The first kappa shape index (κ1) is 15.7. The molecule has 112 valence electrons. The molecule has 1 fully saturated rings. The molecule has 1 atom stereocenters. The highest BCUT2D eigenvalue weighted by Gasteiger charge is 2.36. The molecule has 1 heterocycles. The van der Waals surface area contributed by atoms with Gasteiger partial charge in [0.1, 0.15) is 0 Å². The maximum absolute atomic E-state index is 12.3. The quantitative estimate of drug-likeness (QED) is 0.815. The summed E-state index contributed by atoms with van der Waals surface area (Å²) in [4.78, 5) is 0.249. The maximum Gasteiger partial charge on any atom is 0.446 e. The molecule has 1 aromatic carbocycles. The Labute approximate surface area is 122 Å². The topological polar surface area (TPSA) is 12.0 Å². The summed E-state index contributed by atoms with van der Waals surface area (Å²) in [6, 6.07) is 6.77. The van der Waals surface area contributed by atoms with Gasteiger partial charge in [-0.25, -0.2) is 0 Å². The van der Waals surface area contributed by atoms with Crippen molar-refractivity contribution in [2.24, 2.45) is 5.92 Å². The second-order valence-electron chi connectivity index (χ2n) is 5.71. The number of nitrogens with one attached hydrogen (secondary N) is 1. The lowest BCUT2D eigenvalue weighted by molar-refractivity contribution is -0.0328. The van der Waals surface area contributed by atoms with E-state index in [1.54, 1.807) is 12.1 Å². The van der Waals surface area contributed by atoms with Crippen LogP contribution < -0.4 is 5.32 Å². The second-order valence-corrected chi connectivity index (χ2v) is 6.85. The lowest BCUT2D eigenvalue weighted by atomic mass is 9.80. The van der Waals surface area contributed by atoms with Crippen molar-refractivity contribution in [3.8, 4) is 0 Å². The van der Waals surface area contributed by atoms with Gasteiger partial charge in [0, 0.05) is 10.4 Å². The Morgan fingerprint density at radius 1 is 1.25 bits per heavy atom. The van der Waals surface area contributed by atoms with Crippen molar-refractivity contribution in [3.05, 3.63) is 29.8 Å². The molecule has 1 unspecified atom stereocenters. The normalized spacial score (nSPS) is 23.5. The Hall–Kier alpha value is -0.680. The molecular weight excluding hydrogens is 283 g/mol. The van der Waals surface area contributed by atoms with Crippen molar-refractivity contribution in [1.29, 1.82) is 0 Å². The van der Waals surface area contributed by atoms with Crippen LogP contribution in [0, 0.1) is 5.92 Å². The summed E-state index contributed by atoms with van der Waals surface area (Å²) >= 11 is -0.0580. The van der Waals surface area contributed by atoms with Crippen LogP contribution in [0.1, 0.15) is 32.3 Å². The van der Waals surface area contributed by atoms with Gasteiger partial charge in [0.15, 0.2) is 0 Å². The molecule has 1 aliphatic heterocycles. The van der Waals surface area contributed by atoms with Gasteiger partial charge in [-0.15, -0.1) is 0 Å². The van der Waals surface area contributed by atoms with Crippen molar-refractivity contribution in [2.45, 2.75) is 49.1 Å². The van der Waals surface area contributed by atoms with Crippen molar-refractivity contribution < 1.29 is 13.2 Å². The Morgan fingerprint density at radius 2 is 1.90 bits per heavy atom. The third-order valence-electron chi connectivity index (χ3n) is 4.06. The van der Waals surface area contributed by atoms with Gasteiger partial charge in [0.25, 0.3) is 0 Å². The van der Waals surface area contributed by atoms with Gasteiger partial charge in [0.05, 0.1) is 0 Å². The highest BCUT2D eigenvalue weighted by atomic mass is 32.2. The third kappa shape index (κ3) is 3.92. The summed E-state index contributed by atoms with van der Waals surface area (Å²) in [6.07, 6.45) is 3.17. The molecule has 1 N–H and O–H groups in total. The molecule has 1 aliphatic rings. The van der Waals surface area contributed by atoms with E-state index < -0.39 is 5.51 Å². The van der Waals surface area contributed by atoms with Gasteiger partial charge < -0.3 is 5.32 Å². The average molecular weight is 303 g/mol. The van der Waals surface area contributed by atoms with Gasteiger partial charge >= 0.3 is 5.51 Å². The number of thioether (sulfide) groups is 1. The molecule has 1 saturated heterocycles. The zero-order valence-electron chi connectivity index (χ0n) is 11.8. The lowest BCUT2D eigenvalue weighted by Crippen LogP contribution is -2.46. The molecule has 0 saturated carbocycles. The molecule has 5 heteroatoms. The van der Waals surface area contributed by atoms with Crippen LogP contribution in [0.3, 0.4) is 0 Å². The van der Waals surface area contributed by atoms with Crippen molar-refractivity contribution >= 4 is 11.8 Å². The third-order valence-corrected chi connectivity index (χ3v) is 4.80. The van der Waals surface area contributed by atoms with Crippen LogP contribution in [-0.2, 0) is 6.42 Å². The molecule has 0 aromatic heterocycles. The molecule has 0 amide bonds. The van der Waals surface area contributed by atoms with Crippen LogP contribution in [0.4, 0.5) is 13.2 Å². The van der Waals surface area contributed by atoms with Gasteiger partial charge in [-0.3, -0.25) is 0 Å². The van der Waals surface area contributed by atoms with Crippen LogP contribution in [0.2, 0.25) is 0 Å². The van der Waals surface area contributed by atoms with E-state index in [1.165, 1.54) is 6.42 Å². The van der Waals surface area contributed by atoms with Gasteiger partial charge in [-0.2, -0.15) is 13.2 Å². The van der Waals surface area contributed by atoms with Crippen LogP contribution in [0.5, 0.6) is 0 Å². The standard InChI is InChI=1S/C15H20F3NS/c1-11(2)14(8-3-9-19-14)10-12-4-6-13(7-5-12)20-15(16,17)18/h4-7,11,19H,3,8-10H2,1-2H3. The van der Waals surface area contributed by atoms with E-state index in [2.05, 4.69) is 19.2 Å². The monoisotopic (exact) mass is 303 g/mol. The summed E-state index contributed by atoms with van der Waals surface area (Å²) in [5.74, 6) is 0.509. The largest absolute Gasteiger partial charge is 0.446 e. The second kappa shape index (κ2) is 5.98. The molecule has 0 spiro atoms. The fourth-order valence-electron chi connectivity index (χ4n) is 2.85. The van der Waals surface area contributed by atoms with E-state index in [0.717, 1.165) is 24.9 Å². The van der Waals surface area contributed by atoms with E-state index in [0.29, 0.717) is 5.92 Å². The predicted molar refractivity (Wildman–Crippen MR) is 76.9 cm³/mol. The molecule has 0 aliphatic carbocycles. The maximum atomic E-state index is 12.3. The number of benzene rings is 1. The van der Waals surface area contributed by atoms with Gasteiger partial charge in [0.2, 0.25) is 0 Å². The molecule has 1 aromatic rings. The van der Waals surface area contributed by atoms with Crippen LogP contribution in [-0.4, -0.2) is 17.6 Å². The molecule has 0 bridgehead atoms. The summed E-state index contributed by atoms with van der Waals surface area (Å²) in [5.41, 5.74) is -3.02. The smallest absolute Gasteiger partial charge is 0.311 e. The fraction of sp³-hybridized carbons (Fsp3) is 0.600. The minimum atomic E-state index is -4.21. The molecule has 2 rings (SSSR count). The van der Waals surface area contributed by atoms with E-state index in [4.69, 9.17) is 0 Å². The van der Waals surface area contributed by atoms with E-state index in [1.807, 2.05) is 12.1 Å². The van der Waals surface area contributed by atoms with Gasteiger partial charge in [-0.1, -0.05) is 26.0 Å². The molecule has 1 nitrogen and oxygen atoms in total. The fourth-order valence-corrected chi connectivity index (χ4v) is 3.39. The van der Waals surface area contributed by atoms with E-state index >= 15 is 0 Å². The average Bonchev–Trinajstić information content (AvgIpc) is 2.80. The van der Waals surface area contributed by atoms with Crippen molar-refractivity contribution in [2.75, 3.05) is 6.54 Å². The highest BCUT2D eigenvalue weighted by Crippen LogP contribution is 2.37. The zero-order chi connectivity index (χ0) is 14.8. The number of alkyl halides is 3. The highest BCUT2D eigenvalue weighted by molar-refractivity contribution is 8.00.